The van der Waals surface area contributed by atoms with Crippen LogP contribution in [0.4, 0.5) is 5.69 Å². The summed E-state index contributed by atoms with van der Waals surface area (Å²) in [5, 5.41) is 6.35. The Morgan fingerprint density at radius 3 is 2.50 bits per heavy atom. The maximum Gasteiger partial charge on any atom is 0.271 e. The van der Waals surface area contributed by atoms with Crippen LogP contribution < -0.4 is 10.3 Å². The first kappa shape index (κ1) is 22.5. The Bertz CT molecular complexity index is 1360. The van der Waals surface area contributed by atoms with E-state index in [9.17, 15) is 4.79 Å². The van der Waals surface area contributed by atoms with Crippen molar-refractivity contribution in [3.8, 4) is 0 Å². The molecule has 3 aromatic carbocycles. The van der Waals surface area contributed by atoms with Crippen LogP contribution in [0.2, 0.25) is 10.0 Å². The predicted octanol–water partition coefficient (Wildman–Crippen LogP) is 6.36. The molecular formula is C27H24Cl2N4O. The van der Waals surface area contributed by atoms with Crippen molar-refractivity contribution in [1.29, 1.82) is 0 Å². The summed E-state index contributed by atoms with van der Waals surface area (Å²) in [7, 11) is 0. The van der Waals surface area contributed by atoms with Crippen LogP contribution in [0.5, 0.6) is 0 Å². The minimum absolute atomic E-state index is 0.233. The fourth-order valence-electron chi connectivity index (χ4n) is 4.37. The number of hydrogen-bond donors (Lipinski definition) is 1. The minimum Gasteiger partial charge on any atom is -0.372 e. The number of hydrogen-bond acceptors (Lipinski definition) is 3. The maximum absolute atomic E-state index is 12.6. The van der Waals surface area contributed by atoms with Gasteiger partial charge < -0.3 is 9.47 Å². The number of nitrogens with one attached hydrogen (secondary N) is 1. The van der Waals surface area contributed by atoms with Gasteiger partial charge in [-0.15, -0.1) is 0 Å². The number of nitrogens with zero attached hydrogens (tertiary/aromatic N) is 3. The molecule has 1 fully saturated rings. The Labute approximate surface area is 208 Å². The summed E-state index contributed by atoms with van der Waals surface area (Å²) in [6.45, 7) is 2.80. The highest BCUT2D eigenvalue weighted by Crippen LogP contribution is 2.25. The number of benzene rings is 3. The van der Waals surface area contributed by atoms with E-state index < -0.39 is 0 Å². The summed E-state index contributed by atoms with van der Waals surface area (Å²) in [5.41, 5.74) is 7.43. The molecule has 0 saturated carbocycles. The lowest BCUT2D eigenvalue weighted by Gasteiger charge is -2.17. The van der Waals surface area contributed by atoms with Gasteiger partial charge in [-0.05, 0) is 60.9 Å². The highest BCUT2D eigenvalue weighted by atomic mass is 35.5. The smallest absolute Gasteiger partial charge is 0.271 e. The third kappa shape index (κ3) is 4.81. The Morgan fingerprint density at radius 2 is 1.74 bits per heavy atom. The van der Waals surface area contributed by atoms with Crippen LogP contribution in [0.3, 0.4) is 0 Å². The highest BCUT2D eigenvalue weighted by molar-refractivity contribution is 6.42. The summed E-state index contributed by atoms with van der Waals surface area (Å²) in [6, 6.07) is 21.4. The van der Waals surface area contributed by atoms with E-state index in [4.69, 9.17) is 23.2 Å². The summed E-state index contributed by atoms with van der Waals surface area (Å²) in [6.07, 6.45) is 6.15. The summed E-state index contributed by atoms with van der Waals surface area (Å²) < 4.78 is 2.13. The van der Waals surface area contributed by atoms with E-state index >= 15 is 0 Å². The van der Waals surface area contributed by atoms with Gasteiger partial charge in [0, 0.05) is 53.5 Å². The SMILES string of the molecule is O=C(N/N=C\c1cn(Cc2ccc(Cl)c(Cl)c2)c2ccccc12)c1ccc(N2CCCC2)cc1. The lowest BCUT2D eigenvalue weighted by molar-refractivity contribution is 0.0955. The van der Waals surface area contributed by atoms with E-state index in [0.717, 1.165) is 40.8 Å². The van der Waals surface area contributed by atoms with Crippen molar-refractivity contribution < 1.29 is 4.79 Å². The molecule has 0 atom stereocenters. The van der Waals surface area contributed by atoms with Crippen molar-refractivity contribution >= 4 is 51.9 Å². The summed E-state index contributed by atoms with van der Waals surface area (Å²) >= 11 is 12.2. The largest absolute Gasteiger partial charge is 0.372 e. The first-order valence-electron chi connectivity index (χ1n) is 11.3. The number of fused-ring (bicyclic) bond motifs is 1. The Balaban J connectivity index is 1.31. The molecule has 172 valence electrons. The molecule has 5 rings (SSSR count). The number of para-hydroxylation sites is 1. The molecule has 1 saturated heterocycles. The number of anilines is 1. The zero-order chi connectivity index (χ0) is 23.5. The molecule has 0 radical (unpaired) electrons. The fraction of sp³-hybridized carbons (Fsp3) is 0.185. The maximum atomic E-state index is 12.6. The molecule has 5 nitrogen and oxygen atoms in total. The van der Waals surface area contributed by atoms with Crippen LogP contribution in [0.15, 0.2) is 78.0 Å². The third-order valence-corrected chi connectivity index (χ3v) is 6.87. The van der Waals surface area contributed by atoms with Gasteiger partial charge in [-0.3, -0.25) is 4.79 Å². The second kappa shape index (κ2) is 9.92. The van der Waals surface area contributed by atoms with Crippen molar-refractivity contribution in [3.63, 3.8) is 0 Å². The topological polar surface area (TPSA) is 49.6 Å². The zero-order valence-electron chi connectivity index (χ0n) is 18.5. The van der Waals surface area contributed by atoms with Gasteiger partial charge in [-0.1, -0.05) is 47.5 Å². The van der Waals surface area contributed by atoms with Gasteiger partial charge in [0.05, 0.1) is 16.3 Å². The normalized spacial score (nSPS) is 13.8. The molecule has 1 aromatic heterocycles. The molecule has 1 N–H and O–H groups in total. The third-order valence-electron chi connectivity index (χ3n) is 6.13. The van der Waals surface area contributed by atoms with Crippen molar-refractivity contribution in [2.24, 2.45) is 5.10 Å². The number of aromatic nitrogens is 1. The first-order chi connectivity index (χ1) is 16.6. The molecule has 0 unspecified atom stereocenters. The molecule has 7 heteroatoms. The highest BCUT2D eigenvalue weighted by Gasteiger charge is 2.13. The van der Waals surface area contributed by atoms with Crippen LogP contribution in [-0.4, -0.2) is 29.8 Å². The van der Waals surface area contributed by atoms with Crippen LogP contribution in [-0.2, 0) is 6.54 Å². The molecule has 0 spiro atoms. The Morgan fingerprint density at radius 1 is 0.971 bits per heavy atom. The van der Waals surface area contributed by atoms with E-state index in [2.05, 4.69) is 26.1 Å². The van der Waals surface area contributed by atoms with E-state index in [0.29, 0.717) is 22.2 Å². The van der Waals surface area contributed by atoms with E-state index in [1.54, 1.807) is 12.3 Å². The van der Waals surface area contributed by atoms with Crippen molar-refractivity contribution in [2.75, 3.05) is 18.0 Å². The summed E-state index contributed by atoms with van der Waals surface area (Å²) in [5.74, 6) is -0.233. The second-order valence-corrected chi connectivity index (χ2v) is 9.23. The lowest BCUT2D eigenvalue weighted by Crippen LogP contribution is -2.19. The van der Waals surface area contributed by atoms with Gasteiger partial charge >= 0.3 is 0 Å². The molecule has 4 aromatic rings. The first-order valence-corrected chi connectivity index (χ1v) is 12.0. The molecule has 2 heterocycles. The van der Waals surface area contributed by atoms with Gasteiger partial charge in [0.25, 0.3) is 5.91 Å². The average Bonchev–Trinajstić information content (AvgIpc) is 3.51. The predicted molar refractivity (Wildman–Crippen MR) is 140 cm³/mol. The zero-order valence-corrected chi connectivity index (χ0v) is 20.1. The van der Waals surface area contributed by atoms with Crippen LogP contribution in [0.1, 0.15) is 34.3 Å². The number of halogens is 2. The Hall–Kier alpha value is -3.28. The molecule has 34 heavy (non-hydrogen) atoms. The van der Waals surface area contributed by atoms with Gasteiger partial charge in [0.2, 0.25) is 0 Å². The van der Waals surface area contributed by atoms with Gasteiger partial charge in [-0.25, -0.2) is 5.43 Å². The standard InChI is InChI=1S/C27H24Cl2N4O/c28-24-12-7-19(15-25(24)29)17-33-18-21(23-5-1-2-6-26(23)33)16-30-31-27(34)20-8-10-22(11-9-20)32-13-3-4-14-32/h1-2,5-12,15-16,18H,3-4,13-14,17H2,(H,31,34)/b30-16-. The molecular weight excluding hydrogens is 467 g/mol. The lowest BCUT2D eigenvalue weighted by atomic mass is 10.2. The number of rotatable bonds is 6. The fourth-order valence-corrected chi connectivity index (χ4v) is 4.69. The van der Waals surface area contributed by atoms with E-state index in [1.165, 1.54) is 12.8 Å². The Kier molecular flexibility index (Phi) is 6.57. The number of carbonyl (C=O) groups is 1. The quantitative estimate of drug-likeness (QED) is 0.252. The number of carbonyl (C=O) groups excluding carboxylic acids is 1. The molecule has 1 aliphatic heterocycles. The monoisotopic (exact) mass is 490 g/mol. The molecule has 0 bridgehead atoms. The molecule has 1 aliphatic rings. The molecule has 0 aliphatic carbocycles. The van der Waals surface area contributed by atoms with Crippen molar-refractivity contribution in [2.45, 2.75) is 19.4 Å². The van der Waals surface area contributed by atoms with Gasteiger partial charge in [-0.2, -0.15) is 5.10 Å². The number of amides is 1. The van der Waals surface area contributed by atoms with Crippen LogP contribution in [0, 0.1) is 0 Å². The van der Waals surface area contributed by atoms with Crippen LogP contribution >= 0.6 is 23.2 Å². The van der Waals surface area contributed by atoms with E-state index in [-0.39, 0.29) is 5.91 Å². The van der Waals surface area contributed by atoms with Crippen molar-refractivity contribution in [3.05, 3.63) is 99.7 Å². The van der Waals surface area contributed by atoms with Crippen LogP contribution in [0.25, 0.3) is 10.9 Å². The average molecular weight is 491 g/mol. The van der Waals surface area contributed by atoms with Gasteiger partial charge in [0.15, 0.2) is 0 Å². The second-order valence-electron chi connectivity index (χ2n) is 8.42. The molecule has 1 amide bonds. The minimum atomic E-state index is -0.233. The number of hydrazone groups is 1. The van der Waals surface area contributed by atoms with E-state index in [1.807, 2.05) is 60.8 Å². The van der Waals surface area contributed by atoms with Crippen molar-refractivity contribution in [1.82, 2.24) is 9.99 Å². The summed E-state index contributed by atoms with van der Waals surface area (Å²) in [4.78, 5) is 14.9. The van der Waals surface area contributed by atoms with Gasteiger partial charge in [0.1, 0.15) is 0 Å².